The molecule has 1 aromatic heterocycles. The zero-order valence-electron chi connectivity index (χ0n) is 16.1. The number of piperidine rings is 1. The predicted octanol–water partition coefficient (Wildman–Crippen LogP) is 3.43. The average Bonchev–Trinajstić information content (AvgIpc) is 3.02. The number of hydrogen-bond acceptors (Lipinski definition) is 7. The molecule has 2 heterocycles. The molecule has 8 nitrogen and oxygen atoms in total. The fourth-order valence-corrected chi connectivity index (χ4v) is 2.99. The van der Waals surface area contributed by atoms with Gasteiger partial charge < -0.3 is 24.1 Å². The van der Waals surface area contributed by atoms with Gasteiger partial charge in [0.2, 0.25) is 0 Å². The Morgan fingerprint density at radius 1 is 1.26 bits per heavy atom. The average molecular weight is 375 g/mol. The topological polar surface area (TPSA) is 93.9 Å². The number of likely N-dealkylation sites (tertiary alicyclic amines) is 1. The smallest absolute Gasteiger partial charge is 0.410 e. The number of nitrogens with one attached hydrogen (secondary N) is 1. The van der Waals surface area contributed by atoms with Crippen LogP contribution in [0.5, 0.6) is 0 Å². The number of fused-ring (bicyclic) bond motifs is 1. The predicted molar refractivity (Wildman–Crippen MR) is 99.8 cm³/mol. The van der Waals surface area contributed by atoms with Crippen molar-refractivity contribution in [1.82, 2.24) is 9.88 Å². The highest BCUT2D eigenvalue weighted by molar-refractivity contribution is 6.01. The summed E-state index contributed by atoms with van der Waals surface area (Å²) in [6.45, 7) is 6.76. The molecule has 2 aromatic rings. The molecule has 0 saturated carbocycles. The number of anilines is 1. The zero-order chi connectivity index (χ0) is 19.6. The van der Waals surface area contributed by atoms with E-state index in [1.165, 1.54) is 7.11 Å². The first-order chi connectivity index (χ1) is 12.8. The van der Waals surface area contributed by atoms with Crippen LogP contribution in [0.15, 0.2) is 22.6 Å². The zero-order valence-corrected chi connectivity index (χ0v) is 16.1. The van der Waals surface area contributed by atoms with Crippen molar-refractivity contribution in [3.05, 3.63) is 23.8 Å². The highest BCUT2D eigenvalue weighted by Gasteiger charge is 2.27. The number of rotatable bonds is 3. The molecule has 1 fully saturated rings. The molecule has 1 saturated heterocycles. The number of para-hydroxylation sites is 1. The van der Waals surface area contributed by atoms with Crippen LogP contribution in [0.3, 0.4) is 0 Å². The number of benzene rings is 1. The number of carbonyl (C=O) groups is 2. The van der Waals surface area contributed by atoms with Gasteiger partial charge in [-0.3, -0.25) is 0 Å². The normalized spacial score (nSPS) is 15.6. The molecule has 0 atom stereocenters. The Hall–Kier alpha value is -2.77. The van der Waals surface area contributed by atoms with Gasteiger partial charge in [-0.1, -0.05) is 6.07 Å². The van der Waals surface area contributed by atoms with Crippen molar-refractivity contribution >= 4 is 29.2 Å². The number of amides is 1. The van der Waals surface area contributed by atoms with Crippen molar-refractivity contribution in [2.45, 2.75) is 45.3 Å². The summed E-state index contributed by atoms with van der Waals surface area (Å²) in [6.07, 6.45) is 1.22. The summed E-state index contributed by atoms with van der Waals surface area (Å²) in [7, 11) is 1.33. The van der Waals surface area contributed by atoms with Crippen molar-refractivity contribution < 1.29 is 23.5 Å². The molecule has 0 unspecified atom stereocenters. The molecule has 1 amide bonds. The van der Waals surface area contributed by atoms with Crippen LogP contribution < -0.4 is 5.32 Å². The van der Waals surface area contributed by atoms with Crippen molar-refractivity contribution in [3.63, 3.8) is 0 Å². The van der Waals surface area contributed by atoms with E-state index in [0.717, 1.165) is 12.8 Å². The first-order valence-corrected chi connectivity index (χ1v) is 8.99. The molecular weight excluding hydrogens is 350 g/mol. The maximum atomic E-state index is 12.1. The molecule has 8 heteroatoms. The highest BCUT2D eigenvalue weighted by atomic mass is 16.6. The molecule has 3 rings (SSSR count). The largest absolute Gasteiger partial charge is 0.465 e. The van der Waals surface area contributed by atoms with Crippen molar-refractivity contribution in [3.8, 4) is 0 Å². The number of methoxy groups -OCH3 is 1. The molecule has 0 spiro atoms. The van der Waals surface area contributed by atoms with E-state index in [1.807, 2.05) is 20.8 Å². The number of nitrogens with zero attached hydrogens (tertiary/aromatic N) is 2. The number of esters is 1. The fourth-order valence-electron chi connectivity index (χ4n) is 2.99. The first kappa shape index (κ1) is 19.0. The second-order valence-corrected chi connectivity index (χ2v) is 7.55. The maximum absolute atomic E-state index is 12.1. The molecule has 0 aliphatic carbocycles. The molecule has 1 aliphatic heterocycles. The standard InChI is InChI=1S/C19H25N3O5/c1-19(2,3)27-18(24)22-10-8-12(9-11-22)20-17-21-15-13(16(23)25-4)6-5-7-14(15)26-17/h5-7,12H,8-11H2,1-4H3,(H,20,21). The summed E-state index contributed by atoms with van der Waals surface area (Å²) in [5.74, 6) is -0.453. The molecule has 1 aliphatic rings. The Morgan fingerprint density at radius 2 is 1.96 bits per heavy atom. The van der Waals surface area contributed by atoms with Crippen LogP contribution in [0.25, 0.3) is 11.1 Å². The van der Waals surface area contributed by atoms with Crippen LogP contribution in [0.4, 0.5) is 10.8 Å². The van der Waals surface area contributed by atoms with Gasteiger partial charge in [0.25, 0.3) is 6.01 Å². The molecule has 146 valence electrons. The number of carbonyl (C=O) groups excluding carboxylic acids is 2. The number of ether oxygens (including phenoxy) is 2. The SMILES string of the molecule is COC(=O)c1cccc2oc(NC3CCN(C(=O)OC(C)(C)C)CC3)nc12. The Morgan fingerprint density at radius 3 is 2.59 bits per heavy atom. The lowest BCUT2D eigenvalue weighted by molar-refractivity contribution is 0.0210. The monoisotopic (exact) mass is 375 g/mol. The van der Waals surface area contributed by atoms with Crippen LogP contribution >= 0.6 is 0 Å². The Kier molecular flexibility index (Phi) is 5.25. The van der Waals surface area contributed by atoms with Crippen LogP contribution in [-0.4, -0.2) is 53.8 Å². The summed E-state index contributed by atoms with van der Waals surface area (Å²) in [4.78, 5) is 30.1. The summed E-state index contributed by atoms with van der Waals surface area (Å²) < 4.78 is 15.9. The van der Waals surface area contributed by atoms with Crippen LogP contribution in [0, 0.1) is 0 Å². The van der Waals surface area contributed by atoms with E-state index >= 15 is 0 Å². The maximum Gasteiger partial charge on any atom is 0.410 e. The van der Waals surface area contributed by atoms with Gasteiger partial charge in [-0.25, -0.2) is 9.59 Å². The fraction of sp³-hybridized carbons (Fsp3) is 0.526. The van der Waals surface area contributed by atoms with Crippen LogP contribution in [0.2, 0.25) is 0 Å². The summed E-state index contributed by atoms with van der Waals surface area (Å²) in [5, 5.41) is 3.25. The van der Waals surface area contributed by atoms with Gasteiger partial charge in [0, 0.05) is 19.1 Å². The van der Waals surface area contributed by atoms with Crippen LogP contribution in [-0.2, 0) is 9.47 Å². The lowest BCUT2D eigenvalue weighted by atomic mass is 10.1. The summed E-state index contributed by atoms with van der Waals surface area (Å²) in [5.41, 5.74) is 0.859. The van der Waals surface area contributed by atoms with Gasteiger partial charge in [-0.05, 0) is 45.7 Å². The van der Waals surface area contributed by atoms with Crippen molar-refractivity contribution in [1.29, 1.82) is 0 Å². The highest BCUT2D eigenvalue weighted by Crippen LogP contribution is 2.25. The molecule has 1 N–H and O–H groups in total. The Bertz CT molecular complexity index is 831. The van der Waals surface area contributed by atoms with E-state index < -0.39 is 11.6 Å². The Labute approximate surface area is 157 Å². The van der Waals surface area contributed by atoms with E-state index in [4.69, 9.17) is 13.9 Å². The second kappa shape index (κ2) is 7.46. The first-order valence-electron chi connectivity index (χ1n) is 8.99. The van der Waals surface area contributed by atoms with Gasteiger partial charge in [0.15, 0.2) is 5.58 Å². The van der Waals surface area contributed by atoms with E-state index in [0.29, 0.717) is 35.8 Å². The van der Waals surface area contributed by atoms with Crippen molar-refractivity contribution in [2.75, 3.05) is 25.5 Å². The van der Waals surface area contributed by atoms with Gasteiger partial charge in [-0.2, -0.15) is 4.98 Å². The minimum absolute atomic E-state index is 0.123. The van der Waals surface area contributed by atoms with E-state index in [9.17, 15) is 9.59 Å². The van der Waals surface area contributed by atoms with Gasteiger partial charge in [0.1, 0.15) is 11.1 Å². The van der Waals surface area contributed by atoms with Gasteiger partial charge in [-0.15, -0.1) is 0 Å². The molecule has 0 bridgehead atoms. The second-order valence-electron chi connectivity index (χ2n) is 7.55. The minimum Gasteiger partial charge on any atom is -0.465 e. The van der Waals surface area contributed by atoms with Gasteiger partial charge >= 0.3 is 12.1 Å². The number of hydrogen-bond donors (Lipinski definition) is 1. The van der Waals surface area contributed by atoms with E-state index in [1.54, 1.807) is 23.1 Å². The third-order valence-electron chi connectivity index (χ3n) is 4.30. The molecule has 1 aromatic carbocycles. The third-order valence-corrected chi connectivity index (χ3v) is 4.30. The Balaban J connectivity index is 1.62. The van der Waals surface area contributed by atoms with Gasteiger partial charge in [0.05, 0.1) is 12.7 Å². The minimum atomic E-state index is -0.498. The van der Waals surface area contributed by atoms with Crippen molar-refractivity contribution in [2.24, 2.45) is 0 Å². The lowest BCUT2D eigenvalue weighted by Crippen LogP contribution is -2.44. The molecule has 27 heavy (non-hydrogen) atoms. The summed E-state index contributed by atoms with van der Waals surface area (Å²) in [6, 6.07) is 5.61. The van der Waals surface area contributed by atoms with Crippen LogP contribution in [0.1, 0.15) is 44.0 Å². The van der Waals surface area contributed by atoms with E-state index in [2.05, 4.69) is 10.3 Å². The number of oxazole rings is 1. The summed E-state index contributed by atoms with van der Waals surface area (Å²) >= 11 is 0. The number of aromatic nitrogens is 1. The molecule has 0 radical (unpaired) electrons. The third kappa shape index (κ3) is 4.50. The quantitative estimate of drug-likeness (QED) is 0.821. The van der Waals surface area contributed by atoms with E-state index in [-0.39, 0.29) is 12.1 Å². The molecular formula is C19H25N3O5. The lowest BCUT2D eigenvalue weighted by Gasteiger charge is -2.33.